The van der Waals surface area contributed by atoms with Gasteiger partial charge in [-0.1, -0.05) is 49.3 Å². The van der Waals surface area contributed by atoms with Crippen molar-refractivity contribution >= 4 is 49.8 Å². The normalized spacial score (nSPS) is 16.6. The van der Waals surface area contributed by atoms with Crippen molar-refractivity contribution in [3.8, 4) is 5.75 Å². The number of hydrogen-bond donors (Lipinski definition) is 1. The fourth-order valence-corrected chi connectivity index (χ4v) is 5.92. The van der Waals surface area contributed by atoms with Gasteiger partial charge in [0.2, 0.25) is 0 Å². The third-order valence-corrected chi connectivity index (χ3v) is 8.07. The van der Waals surface area contributed by atoms with Gasteiger partial charge in [-0.25, -0.2) is 4.98 Å². The first-order valence-corrected chi connectivity index (χ1v) is 14.3. The molecule has 1 aliphatic rings. The molecule has 4 aromatic rings. The smallest absolute Gasteiger partial charge is 0.301 e. The van der Waals surface area contributed by atoms with Gasteiger partial charge in [0.25, 0.3) is 5.78 Å². The average molecular weight is 556 g/mol. The molecule has 0 spiro atoms. The molecule has 1 unspecified atom stereocenters. The molecule has 1 N–H and O–H groups in total. The number of aliphatic hydroxyl groups excluding tert-OH is 1. The Morgan fingerprint density at radius 2 is 1.75 bits per heavy atom. The SMILES string of the molecule is CCCCCOc1ccc(/C(O)=C2\C(=O)C(=O)N(c3nc4ccc(C)cc4s3)C2c2ccc(N(C)C)cc2)cc1. The van der Waals surface area contributed by atoms with Gasteiger partial charge in [-0.2, -0.15) is 0 Å². The quantitative estimate of drug-likeness (QED) is 0.105. The van der Waals surface area contributed by atoms with E-state index in [1.807, 2.05) is 68.4 Å². The van der Waals surface area contributed by atoms with Crippen molar-refractivity contribution in [1.29, 1.82) is 0 Å². The van der Waals surface area contributed by atoms with E-state index >= 15 is 0 Å². The minimum atomic E-state index is -0.831. The Morgan fingerprint density at radius 1 is 1.02 bits per heavy atom. The number of ether oxygens (including phenoxy) is 1. The zero-order chi connectivity index (χ0) is 28.4. The molecule has 0 radical (unpaired) electrons. The molecule has 0 bridgehead atoms. The van der Waals surface area contributed by atoms with Crippen LogP contribution in [0.2, 0.25) is 0 Å². The van der Waals surface area contributed by atoms with Crippen molar-refractivity contribution in [3.63, 3.8) is 0 Å². The summed E-state index contributed by atoms with van der Waals surface area (Å²) in [5.74, 6) is -0.991. The maximum atomic E-state index is 13.5. The number of anilines is 2. The number of Topliss-reactive ketones (excluding diaryl/α,β-unsaturated/α-hetero) is 1. The number of aryl methyl sites for hydroxylation is 1. The highest BCUT2D eigenvalue weighted by atomic mass is 32.1. The van der Waals surface area contributed by atoms with Crippen molar-refractivity contribution in [3.05, 3.63) is 89.0 Å². The molecular weight excluding hydrogens is 522 g/mol. The van der Waals surface area contributed by atoms with Gasteiger partial charge in [-0.15, -0.1) is 0 Å². The molecular formula is C32H33N3O4S. The molecule has 1 atom stereocenters. The van der Waals surface area contributed by atoms with E-state index in [1.165, 1.54) is 16.2 Å². The number of ketones is 1. The molecule has 0 saturated carbocycles. The van der Waals surface area contributed by atoms with E-state index in [4.69, 9.17) is 9.72 Å². The summed E-state index contributed by atoms with van der Waals surface area (Å²) in [5.41, 5.74) is 3.99. The van der Waals surface area contributed by atoms with Crippen LogP contribution >= 0.6 is 11.3 Å². The lowest BCUT2D eigenvalue weighted by atomic mass is 9.95. The number of rotatable bonds is 9. The topological polar surface area (TPSA) is 83.0 Å². The third-order valence-electron chi connectivity index (χ3n) is 7.05. The van der Waals surface area contributed by atoms with E-state index in [0.29, 0.717) is 28.6 Å². The first-order valence-electron chi connectivity index (χ1n) is 13.5. The van der Waals surface area contributed by atoms with Crippen LogP contribution in [0, 0.1) is 6.92 Å². The van der Waals surface area contributed by atoms with Gasteiger partial charge >= 0.3 is 5.91 Å². The average Bonchev–Trinajstić information content (AvgIpc) is 3.48. The number of amides is 1. The van der Waals surface area contributed by atoms with Crippen molar-refractivity contribution in [2.75, 3.05) is 30.5 Å². The highest BCUT2D eigenvalue weighted by Crippen LogP contribution is 2.44. The minimum absolute atomic E-state index is 0.0367. The number of carbonyl (C=O) groups is 2. The van der Waals surface area contributed by atoms with Crippen LogP contribution in [0.1, 0.15) is 48.9 Å². The summed E-state index contributed by atoms with van der Waals surface area (Å²) < 4.78 is 6.73. The van der Waals surface area contributed by atoms with Gasteiger partial charge in [0.1, 0.15) is 11.5 Å². The Kier molecular flexibility index (Phi) is 7.89. The van der Waals surface area contributed by atoms with Crippen molar-refractivity contribution in [2.24, 2.45) is 0 Å². The van der Waals surface area contributed by atoms with Crippen LogP contribution < -0.4 is 14.5 Å². The molecule has 2 heterocycles. The number of carbonyl (C=O) groups excluding carboxylic acids is 2. The molecule has 1 fully saturated rings. The van der Waals surface area contributed by atoms with Crippen LogP contribution in [-0.4, -0.2) is 42.5 Å². The van der Waals surface area contributed by atoms with Crippen molar-refractivity contribution < 1.29 is 19.4 Å². The fourth-order valence-electron chi connectivity index (χ4n) is 4.83. The van der Waals surface area contributed by atoms with Crippen LogP contribution in [0.3, 0.4) is 0 Å². The van der Waals surface area contributed by atoms with E-state index < -0.39 is 17.7 Å². The Hall–Kier alpha value is -4.17. The fraction of sp³-hybridized carbons (Fsp3) is 0.281. The van der Waals surface area contributed by atoms with Crippen LogP contribution in [0.15, 0.2) is 72.3 Å². The number of nitrogens with zero attached hydrogens (tertiary/aromatic N) is 3. The summed E-state index contributed by atoms with van der Waals surface area (Å²) in [6.07, 6.45) is 3.19. The number of hydrogen-bond acceptors (Lipinski definition) is 7. The summed E-state index contributed by atoms with van der Waals surface area (Å²) in [6, 6.07) is 19.7. The molecule has 1 aromatic heterocycles. The largest absolute Gasteiger partial charge is 0.507 e. The van der Waals surface area contributed by atoms with Gasteiger partial charge in [0.05, 0.1) is 28.4 Å². The molecule has 1 aliphatic heterocycles. The van der Waals surface area contributed by atoms with Crippen molar-refractivity contribution in [2.45, 2.75) is 39.2 Å². The maximum absolute atomic E-state index is 13.5. The molecule has 206 valence electrons. The van der Waals surface area contributed by atoms with Gasteiger partial charge in [-0.3, -0.25) is 14.5 Å². The predicted octanol–water partition coefficient (Wildman–Crippen LogP) is 6.87. The number of unbranched alkanes of at least 4 members (excludes halogenated alkanes) is 2. The minimum Gasteiger partial charge on any atom is -0.507 e. The van der Waals surface area contributed by atoms with Crippen LogP contribution in [-0.2, 0) is 9.59 Å². The first kappa shape index (κ1) is 27.4. The summed E-state index contributed by atoms with van der Waals surface area (Å²) in [6.45, 7) is 4.76. The molecule has 1 amide bonds. The lowest BCUT2D eigenvalue weighted by Gasteiger charge is -2.23. The van der Waals surface area contributed by atoms with Gasteiger partial charge < -0.3 is 14.7 Å². The Balaban J connectivity index is 1.58. The Labute approximate surface area is 238 Å². The second-order valence-electron chi connectivity index (χ2n) is 10.2. The second kappa shape index (κ2) is 11.5. The lowest BCUT2D eigenvalue weighted by Crippen LogP contribution is -2.29. The highest BCUT2D eigenvalue weighted by Gasteiger charge is 2.48. The third kappa shape index (κ3) is 5.31. The summed E-state index contributed by atoms with van der Waals surface area (Å²) in [7, 11) is 3.89. The zero-order valence-corrected chi connectivity index (χ0v) is 24.0. The van der Waals surface area contributed by atoms with E-state index in [2.05, 4.69) is 6.92 Å². The molecule has 7 nitrogen and oxygen atoms in total. The molecule has 5 rings (SSSR count). The standard InChI is InChI=1S/C32H33N3O4S/c1-5-6-7-18-39-24-15-11-22(12-16-24)29(36)27-28(21-9-13-23(14-10-21)34(3)4)35(31(38)30(27)37)32-33-25-17-8-20(2)19-26(25)40-32/h8-17,19,28,36H,5-7,18H2,1-4H3/b29-27+. The lowest BCUT2D eigenvalue weighted by molar-refractivity contribution is -0.132. The summed E-state index contributed by atoms with van der Waals surface area (Å²) in [5, 5.41) is 11.9. The van der Waals surface area contributed by atoms with Crippen LogP contribution in [0.4, 0.5) is 10.8 Å². The first-order chi connectivity index (χ1) is 19.3. The highest BCUT2D eigenvalue weighted by molar-refractivity contribution is 7.22. The number of fused-ring (bicyclic) bond motifs is 1. The zero-order valence-electron chi connectivity index (χ0n) is 23.2. The van der Waals surface area contributed by atoms with Crippen LogP contribution in [0.5, 0.6) is 5.75 Å². The van der Waals surface area contributed by atoms with Crippen LogP contribution in [0.25, 0.3) is 16.0 Å². The molecule has 40 heavy (non-hydrogen) atoms. The molecule has 1 saturated heterocycles. The van der Waals surface area contributed by atoms with E-state index in [-0.39, 0.29) is 11.3 Å². The second-order valence-corrected chi connectivity index (χ2v) is 11.2. The maximum Gasteiger partial charge on any atom is 0.301 e. The van der Waals surface area contributed by atoms with Gasteiger partial charge in [0, 0.05) is 25.3 Å². The molecule has 3 aromatic carbocycles. The van der Waals surface area contributed by atoms with Gasteiger partial charge in [-0.05, 0) is 73.0 Å². The van der Waals surface area contributed by atoms with E-state index in [0.717, 1.165) is 40.7 Å². The summed E-state index contributed by atoms with van der Waals surface area (Å²) >= 11 is 1.36. The Morgan fingerprint density at radius 3 is 2.42 bits per heavy atom. The van der Waals surface area contributed by atoms with Gasteiger partial charge in [0.15, 0.2) is 5.13 Å². The monoisotopic (exact) mass is 555 g/mol. The number of aliphatic hydroxyl groups is 1. The number of thiazole rings is 1. The molecule has 0 aliphatic carbocycles. The van der Waals surface area contributed by atoms with E-state index in [1.54, 1.807) is 24.3 Å². The number of aromatic nitrogens is 1. The van der Waals surface area contributed by atoms with Crippen molar-refractivity contribution in [1.82, 2.24) is 4.98 Å². The van der Waals surface area contributed by atoms with E-state index in [9.17, 15) is 14.7 Å². The molecule has 8 heteroatoms. The summed E-state index contributed by atoms with van der Waals surface area (Å²) in [4.78, 5) is 35.2. The number of benzene rings is 3. The predicted molar refractivity (Wildman–Crippen MR) is 161 cm³/mol. The Bertz CT molecular complexity index is 1570.